The van der Waals surface area contributed by atoms with E-state index in [4.69, 9.17) is 5.73 Å². The first-order valence-electron chi connectivity index (χ1n) is 5.18. The molecule has 0 saturated carbocycles. The van der Waals surface area contributed by atoms with Crippen LogP contribution in [0.2, 0.25) is 0 Å². The number of halogens is 3. The summed E-state index contributed by atoms with van der Waals surface area (Å²) in [5.74, 6) is -0.362. The number of hydrogen-bond donors (Lipinski definition) is 1. The average molecular weight is 330 g/mol. The monoisotopic (exact) mass is 329 g/mol. The van der Waals surface area contributed by atoms with Crippen LogP contribution in [-0.2, 0) is 5.75 Å². The molecule has 1 nitrogen and oxygen atoms in total. The maximum absolute atomic E-state index is 13.4. The molecule has 0 bridgehead atoms. The van der Waals surface area contributed by atoms with Crippen LogP contribution in [0.4, 0.5) is 14.5 Å². The predicted molar refractivity (Wildman–Crippen MR) is 74.5 cm³/mol. The lowest BCUT2D eigenvalue weighted by Gasteiger charge is -2.07. The minimum absolute atomic E-state index is 0.289. The number of benzene rings is 2. The summed E-state index contributed by atoms with van der Waals surface area (Å²) in [5, 5.41) is 0. The fourth-order valence-electron chi connectivity index (χ4n) is 1.44. The van der Waals surface area contributed by atoms with Crippen LogP contribution in [0.5, 0.6) is 0 Å². The molecule has 2 rings (SSSR count). The number of rotatable bonds is 3. The fraction of sp³-hybridized carbons (Fsp3) is 0.0769. The first-order chi connectivity index (χ1) is 8.56. The van der Waals surface area contributed by atoms with Crippen molar-refractivity contribution in [2.24, 2.45) is 0 Å². The highest BCUT2D eigenvalue weighted by atomic mass is 79.9. The zero-order valence-electron chi connectivity index (χ0n) is 9.29. The molecule has 0 saturated heterocycles. The van der Waals surface area contributed by atoms with Crippen LogP contribution >= 0.6 is 27.7 Å². The third-order valence-corrected chi connectivity index (χ3v) is 3.96. The van der Waals surface area contributed by atoms with Gasteiger partial charge in [-0.05, 0) is 35.9 Å². The van der Waals surface area contributed by atoms with Gasteiger partial charge in [-0.3, -0.25) is 0 Å². The molecular formula is C13H10BrF2NS. The summed E-state index contributed by atoms with van der Waals surface area (Å²) in [5.41, 5.74) is 7.37. The van der Waals surface area contributed by atoms with Crippen molar-refractivity contribution in [2.75, 3.05) is 5.73 Å². The lowest BCUT2D eigenvalue weighted by atomic mass is 10.2. The average Bonchev–Trinajstić information content (AvgIpc) is 2.32. The topological polar surface area (TPSA) is 26.0 Å². The Bertz CT molecular complexity index is 575. The maximum atomic E-state index is 13.4. The molecular weight excluding hydrogens is 320 g/mol. The number of nitrogen functional groups attached to an aromatic ring is 1. The van der Waals surface area contributed by atoms with Crippen molar-refractivity contribution in [1.29, 1.82) is 0 Å². The largest absolute Gasteiger partial charge is 0.398 e. The number of thioether (sulfide) groups is 1. The molecule has 2 N–H and O–H groups in total. The Morgan fingerprint density at radius 2 is 1.89 bits per heavy atom. The smallest absolute Gasteiger partial charge is 0.136 e. The molecule has 0 amide bonds. The Kier molecular flexibility index (Phi) is 4.24. The van der Waals surface area contributed by atoms with Crippen LogP contribution in [-0.4, -0.2) is 0 Å². The van der Waals surface area contributed by atoms with Gasteiger partial charge >= 0.3 is 0 Å². The normalized spacial score (nSPS) is 10.6. The molecule has 0 heterocycles. The van der Waals surface area contributed by atoms with E-state index in [9.17, 15) is 8.78 Å². The number of anilines is 1. The zero-order chi connectivity index (χ0) is 13.1. The standard InChI is InChI=1S/C13H10BrF2NS/c14-9-2-1-8(12(17)5-9)7-18-13-6-10(15)3-4-11(13)16/h1-6H,7,17H2. The molecule has 5 heteroatoms. The SMILES string of the molecule is Nc1cc(Br)ccc1CSc1cc(F)ccc1F. The van der Waals surface area contributed by atoms with E-state index in [2.05, 4.69) is 15.9 Å². The molecule has 0 aliphatic carbocycles. The Morgan fingerprint density at radius 1 is 1.11 bits per heavy atom. The van der Waals surface area contributed by atoms with Gasteiger partial charge in [-0.2, -0.15) is 0 Å². The summed E-state index contributed by atoms with van der Waals surface area (Å²) in [6.45, 7) is 0. The van der Waals surface area contributed by atoms with E-state index in [0.29, 0.717) is 11.4 Å². The maximum Gasteiger partial charge on any atom is 0.136 e. The van der Waals surface area contributed by atoms with Crippen LogP contribution in [0.1, 0.15) is 5.56 Å². The summed E-state index contributed by atoms with van der Waals surface area (Å²) in [7, 11) is 0. The second-order valence-electron chi connectivity index (χ2n) is 3.71. The van der Waals surface area contributed by atoms with Crippen LogP contribution in [0.15, 0.2) is 45.8 Å². The van der Waals surface area contributed by atoms with Crippen LogP contribution in [0.3, 0.4) is 0 Å². The Hall–Kier alpha value is -1.07. The lowest BCUT2D eigenvalue weighted by Crippen LogP contribution is -1.93. The summed E-state index contributed by atoms with van der Waals surface area (Å²) in [6.07, 6.45) is 0. The van der Waals surface area contributed by atoms with Gasteiger partial charge in [0.15, 0.2) is 0 Å². The first-order valence-corrected chi connectivity index (χ1v) is 6.96. The van der Waals surface area contributed by atoms with Gasteiger partial charge in [-0.25, -0.2) is 8.78 Å². The lowest BCUT2D eigenvalue weighted by molar-refractivity contribution is 0.577. The molecule has 0 aliphatic heterocycles. The second kappa shape index (κ2) is 5.71. The molecule has 18 heavy (non-hydrogen) atoms. The first kappa shape index (κ1) is 13.4. The second-order valence-corrected chi connectivity index (χ2v) is 5.64. The number of hydrogen-bond acceptors (Lipinski definition) is 2. The van der Waals surface area contributed by atoms with Crippen molar-refractivity contribution in [1.82, 2.24) is 0 Å². The minimum atomic E-state index is -0.442. The van der Waals surface area contributed by atoms with Gasteiger partial charge in [0.1, 0.15) is 11.6 Å². The van der Waals surface area contributed by atoms with Gasteiger partial charge in [0.25, 0.3) is 0 Å². The van der Waals surface area contributed by atoms with Gasteiger partial charge in [0.05, 0.1) is 0 Å². The predicted octanol–water partition coefficient (Wildman–Crippen LogP) is 4.60. The third-order valence-electron chi connectivity index (χ3n) is 2.38. The van der Waals surface area contributed by atoms with Gasteiger partial charge in [-0.15, -0.1) is 11.8 Å². The van der Waals surface area contributed by atoms with E-state index in [1.54, 1.807) is 6.07 Å². The van der Waals surface area contributed by atoms with Crippen molar-refractivity contribution in [3.05, 3.63) is 58.1 Å². The summed E-state index contributed by atoms with van der Waals surface area (Å²) in [4.78, 5) is 0.289. The van der Waals surface area contributed by atoms with Crippen molar-refractivity contribution in [3.63, 3.8) is 0 Å². The Balaban J connectivity index is 2.13. The van der Waals surface area contributed by atoms with E-state index in [0.717, 1.165) is 22.2 Å². The van der Waals surface area contributed by atoms with Gasteiger partial charge in [0, 0.05) is 20.8 Å². The van der Waals surface area contributed by atoms with E-state index in [-0.39, 0.29) is 4.90 Å². The molecule has 0 aliphatic rings. The fourth-order valence-corrected chi connectivity index (χ4v) is 2.80. The van der Waals surface area contributed by atoms with Crippen molar-refractivity contribution in [2.45, 2.75) is 10.6 Å². The van der Waals surface area contributed by atoms with Gasteiger partial charge in [0.2, 0.25) is 0 Å². The van der Waals surface area contributed by atoms with Crippen LogP contribution < -0.4 is 5.73 Å². The quantitative estimate of drug-likeness (QED) is 0.657. The van der Waals surface area contributed by atoms with Crippen molar-refractivity contribution < 1.29 is 8.78 Å². The molecule has 0 spiro atoms. The molecule has 2 aromatic carbocycles. The highest BCUT2D eigenvalue weighted by Crippen LogP contribution is 2.29. The molecule has 94 valence electrons. The molecule has 0 unspecified atom stereocenters. The molecule has 0 radical (unpaired) electrons. The van der Waals surface area contributed by atoms with Crippen molar-refractivity contribution in [3.8, 4) is 0 Å². The summed E-state index contributed by atoms with van der Waals surface area (Å²) in [6, 6.07) is 8.95. The Morgan fingerprint density at radius 3 is 2.61 bits per heavy atom. The van der Waals surface area contributed by atoms with E-state index >= 15 is 0 Å². The third kappa shape index (κ3) is 3.23. The zero-order valence-corrected chi connectivity index (χ0v) is 11.7. The molecule has 0 atom stereocenters. The summed E-state index contributed by atoms with van der Waals surface area (Å²) >= 11 is 4.54. The van der Waals surface area contributed by atoms with Crippen LogP contribution in [0, 0.1) is 11.6 Å². The summed E-state index contributed by atoms with van der Waals surface area (Å²) < 4.78 is 27.3. The minimum Gasteiger partial charge on any atom is -0.398 e. The highest BCUT2D eigenvalue weighted by molar-refractivity contribution is 9.10. The van der Waals surface area contributed by atoms with E-state index in [1.807, 2.05) is 12.1 Å². The van der Waals surface area contributed by atoms with Crippen molar-refractivity contribution >= 4 is 33.4 Å². The molecule has 2 aromatic rings. The molecule has 0 aromatic heterocycles. The Labute approximate surface area is 117 Å². The highest BCUT2D eigenvalue weighted by Gasteiger charge is 2.06. The van der Waals surface area contributed by atoms with E-state index in [1.165, 1.54) is 17.8 Å². The number of nitrogens with two attached hydrogens (primary N) is 1. The molecule has 0 fully saturated rings. The van der Waals surface area contributed by atoms with E-state index < -0.39 is 11.6 Å². The van der Waals surface area contributed by atoms with Gasteiger partial charge in [-0.1, -0.05) is 22.0 Å². The van der Waals surface area contributed by atoms with Crippen LogP contribution in [0.25, 0.3) is 0 Å². The van der Waals surface area contributed by atoms with Gasteiger partial charge < -0.3 is 5.73 Å².